The summed E-state index contributed by atoms with van der Waals surface area (Å²) in [4.78, 5) is 11.5. The molecule has 0 amide bonds. The molecule has 3 nitrogen and oxygen atoms in total. The minimum atomic E-state index is -0.541. The normalized spacial score (nSPS) is 18.9. The van der Waals surface area contributed by atoms with Gasteiger partial charge in [-0.25, -0.2) is 0 Å². The van der Waals surface area contributed by atoms with Gasteiger partial charge in [0.15, 0.2) is 0 Å². The van der Waals surface area contributed by atoms with Crippen LogP contribution < -0.4 is 5.73 Å². The van der Waals surface area contributed by atoms with Crippen molar-refractivity contribution in [2.45, 2.75) is 31.2 Å². The summed E-state index contributed by atoms with van der Waals surface area (Å²) in [5.74, 6) is -0.321. The van der Waals surface area contributed by atoms with Crippen LogP contribution in [0, 0.1) is 6.92 Å². The fourth-order valence-corrected chi connectivity index (χ4v) is 2.15. The van der Waals surface area contributed by atoms with E-state index in [0.717, 1.165) is 18.4 Å². The summed E-state index contributed by atoms with van der Waals surface area (Å²) in [5.41, 5.74) is 8.15. The van der Waals surface area contributed by atoms with Crippen molar-refractivity contribution in [2.75, 3.05) is 7.11 Å². The maximum Gasteiger partial charge on any atom is 0.323 e. The average Bonchev–Trinajstić information content (AvgIpc) is 3.09. The molecule has 1 aliphatic rings. The van der Waals surface area contributed by atoms with Crippen molar-refractivity contribution in [3.05, 3.63) is 35.4 Å². The molecule has 0 bridgehead atoms. The molecule has 2 N–H and O–H groups in total. The quantitative estimate of drug-likeness (QED) is 0.784. The Morgan fingerprint density at radius 1 is 1.38 bits per heavy atom. The third-order valence-electron chi connectivity index (χ3n) is 3.47. The van der Waals surface area contributed by atoms with Crippen LogP contribution in [0.3, 0.4) is 0 Å². The second kappa shape index (κ2) is 3.91. The van der Waals surface area contributed by atoms with Gasteiger partial charge in [0.25, 0.3) is 0 Å². The van der Waals surface area contributed by atoms with E-state index in [1.807, 2.05) is 6.92 Å². The van der Waals surface area contributed by atoms with E-state index in [-0.39, 0.29) is 11.4 Å². The number of aryl methyl sites for hydroxylation is 1. The summed E-state index contributed by atoms with van der Waals surface area (Å²) in [7, 11) is 1.38. The molecule has 1 unspecified atom stereocenters. The van der Waals surface area contributed by atoms with Crippen molar-refractivity contribution >= 4 is 5.97 Å². The van der Waals surface area contributed by atoms with Gasteiger partial charge in [-0.1, -0.05) is 29.8 Å². The number of hydrogen-bond acceptors (Lipinski definition) is 3. The van der Waals surface area contributed by atoms with Gasteiger partial charge in [0.05, 0.1) is 7.11 Å². The van der Waals surface area contributed by atoms with E-state index in [0.29, 0.717) is 0 Å². The van der Waals surface area contributed by atoms with E-state index in [4.69, 9.17) is 10.5 Å². The maximum absolute atomic E-state index is 11.5. The van der Waals surface area contributed by atoms with Crippen molar-refractivity contribution in [1.29, 1.82) is 0 Å². The summed E-state index contributed by atoms with van der Waals surface area (Å²) < 4.78 is 4.72. The van der Waals surface area contributed by atoms with E-state index in [1.165, 1.54) is 12.7 Å². The fourth-order valence-electron chi connectivity index (χ4n) is 2.15. The molecule has 0 saturated heterocycles. The summed E-state index contributed by atoms with van der Waals surface area (Å²) >= 11 is 0. The minimum absolute atomic E-state index is 0.180. The molecule has 1 saturated carbocycles. The number of carbonyl (C=O) groups excluding carboxylic acids is 1. The van der Waals surface area contributed by atoms with Gasteiger partial charge in [-0.05, 0) is 25.3 Å². The second-order valence-corrected chi connectivity index (χ2v) is 4.52. The van der Waals surface area contributed by atoms with Crippen LogP contribution in [0.25, 0.3) is 0 Å². The highest BCUT2D eigenvalue weighted by atomic mass is 16.5. The van der Waals surface area contributed by atoms with Crippen LogP contribution in [-0.2, 0) is 14.9 Å². The fraction of sp³-hybridized carbons (Fsp3) is 0.462. The molecule has 0 aromatic heterocycles. The summed E-state index contributed by atoms with van der Waals surface area (Å²) in [6, 6.07) is 7.69. The molecule has 16 heavy (non-hydrogen) atoms. The molecule has 1 atom stereocenters. The zero-order valence-corrected chi connectivity index (χ0v) is 9.69. The summed E-state index contributed by atoms with van der Waals surface area (Å²) in [6.07, 6.45) is 1.93. The SMILES string of the molecule is COC(=O)C(N)C1(c2ccc(C)cc2)CC1. The monoisotopic (exact) mass is 219 g/mol. The number of carbonyl (C=O) groups is 1. The Morgan fingerprint density at radius 2 is 1.94 bits per heavy atom. The number of methoxy groups -OCH3 is 1. The molecule has 0 radical (unpaired) electrons. The van der Waals surface area contributed by atoms with Gasteiger partial charge in [-0.15, -0.1) is 0 Å². The minimum Gasteiger partial charge on any atom is -0.468 e. The van der Waals surface area contributed by atoms with Gasteiger partial charge < -0.3 is 10.5 Å². The Balaban J connectivity index is 2.26. The second-order valence-electron chi connectivity index (χ2n) is 4.52. The smallest absolute Gasteiger partial charge is 0.323 e. The predicted octanol–water partition coefficient (Wildman–Crippen LogP) is 1.53. The first-order valence-corrected chi connectivity index (χ1v) is 5.51. The molecule has 1 fully saturated rings. The number of rotatable bonds is 3. The number of benzene rings is 1. The van der Waals surface area contributed by atoms with Gasteiger partial charge in [-0.3, -0.25) is 4.79 Å². The molecule has 0 spiro atoms. The molecular formula is C13H17NO2. The number of nitrogens with two attached hydrogens (primary N) is 1. The van der Waals surface area contributed by atoms with Crippen molar-refractivity contribution in [1.82, 2.24) is 0 Å². The van der Waals surface area contributed by atoms with Gasteiger partial charge in [-0.2, -0.15) is 0 Å². The number of hydrogen-bond donors (Lipinski definition) is 1. The number of esters is 1. The molecule has 1 aromatic rings. The Kier molecular flexibility index (Phi) is 2.72. The van der Waals surface area contributed by atoms with Gasteiger partial charge in [0, 0.05) is 5.41 Å². The van der Waals surface area contributed by atoms with Crippen LogP contribution in [0.5, 0.6) is 0 Å². The highest BCUT2D eigenvalue weighted by molar-refractivity contribution is 5.78. The van der Waals surface area contributed by atoms with Gasteiger partial charge in [0.2, 0.25) is 0 Å². The molecule has 2 rings (SSSR count). The molecule has 1 aliphatic carbocycles. The molecule has 0 aliphatic heterocycles. The Labute approximate surface area is 95.6 Å². The highest BCUT2D eigenvalue weighted by Crippen LogP contribution is 2.50. The van der Waals surface area contributed by atoms with Crippen LogP contribution in [0.4, 0.5) is 0 Å². The molecule has 3 heteroatoms. The Bertz CT molecular complexity index is 393. The first-order chi connectivity index (χ1) is 7.60. The predicted molar refractivity (Wildman–Crippen MR) is 62.1 cm³/mol. The first kappa shape index (κ1) is 11.1. The Hall–Kier alpha value is -1.35. The zero-order chi connectivity index (χ0) is 11.8. The van der Waals surface area contributed by atoms with Crippen molar-refractivity contribution in [2.24, 2.45) is 5.73 Å². The van der Waals surface area contributed by atoms with E-state index in [1.54, 1.807) is 0 Å². The first-order valence-electron chi connectivity index (χ1n) is 5.51. The standard InChI is InChI=1S/C13H17NO2/c1-9-3-5-10(6-4-9)13(7-8-13)11(14)12(15)16-2/h3-6,11H,7-8,14H2,1-2H3. The zero-order valence-electron chi connectivity index (χ0n) is 9.69. The van der Waals surface area contributed by atoms with Crippen molar-refractivity contribution in [3.63, 3.8) is 0 Å². The van der Waals surface area contributed by atoms with Crippen LogP contribution >= 0.6 is 0 Å². The lowest BCUT2D eigenvalue weighted by atomic mass is 9.88. The average molecular weight is 219 g/mol. The topological polar surface area (TPSA) is 52.3 Å². The summed E-state index contributed by atoms with van der Waals surface area (Å²) in [5, 5.41) is 0. The third-order valence-corrected chi connectivity index (χ3v) is 3.47. The van der Waals surface area contributed by atoms with Crippen molar-refractivity contribution in [3.8, 4) is 0 Å². The third kappa shape index (κ3) is 1.71. The van der Waals surface area contributed by atoms with Gasteiger partial charge >= 0.3 is 5.97 Å². The number of ether oxygens (including phenoxy) is 1. The largest absolute Gasteiger partial charge is 0.468 e. The van der Waals surface area contributed by atoms with E-state index < -0.39 is 6.04 Å². The lowest BCUT2D eigenvalue weighted by Gasteiger charge is -2.21. The Morgan fingerprint density at radius 3 is 2.38 bits per heavy atom. The lowest BCUT2D eigenvalue weighted by Crippen LogP contribution is -2.42. The van der Waals surface area contributed by atoms with Crippen LogP contribution in [0.2, 0.25) is 0 Å². The molecule has 1 aromatic carbocycles. The van der Waals surface area contributed by atoms with Crippen LogP contribution in [0.15, 0.2) is 24.3 Å². The lowest BCUT2D eigenvalue weighted by molar-refractivity contribution is -0.143. The molecular weight excluding hydrogens is 202 g/mol. The van der Waals surface area contributed by atoms with Crippen LogP contribution in [-0.4, -0.2) is 19.1 Å². The van der Waals surface area contributed by atoms with Crippen LogP contribution in [0.1, 0.15) is 24.0 Å². The van der Waals surface area contributed by atoms with Crippen molar-refractivity contribution < 1.29 is 9.53 Å². The molecule has 86 valence electrons. The van der Waals surface area contributed by atoms with E-state index >= 15 is 0 Å². The molecule has 0 heterocycles. The van der Waals surface area contributed by atoms with E-state index in [9.17, 15) is 4.79 Å². The highest BCUT2D eigenvalue weighted by Gasteiger charge is 2.52. The van der Waals surface area contributed by atoms with E-state index in [2.05, 4.69) is 24.3 Å². The van der Waals surface area contributed by atoms with Gasteiger partial charge in [0.1, 0.15) is 6.04 Å². The maximum atomic E-state index is 11.5. The summed E-state index contributed by atoms with van der Waals surface area (Å²) in [6.45, 7) is 2.05.